The van der Waals surface area contributed by atoms with E-state index in [1.165, 1.54) is 17.2 Å². The van der Waals surface area contributed by atoms with Gasteiger partial charge in [-0.15, -0.1) is 0 Å². The van der Waals surface area contributed by atoms with Crippen molar-refractivity contribution in [1.82, 2.24) is 5.32 Å². The first-order valence-corrected chi connectivity index (χ1v) is 6.78. The highest BCUT2D eigenvalue weighted by molar-refractivity contribution is 5.35. The van der Waals surface area contributed by atoms with Gasteiger partial charge in [-0.1, -0.05) is 35.9 Å². The van der Waals surface area contributed by atoms with E-state index in [-0.39, 0.29) is 17.8 Å². The standard InChI is InChI=1S/C17H20FNO/c1-11-5-4-6-14(9-11)12(2)19-13(3)16-8-7-15(18)10-17(16)20/h4-10,12-13,19-20H,1-3H3/t12-,13?/m1/s1. The van der Waals surface area contributed by atoms with Crippen molar-refractivity contribution in [2.75, 3.05) is 0 Å². The largest absolute Gasteiger partial charge is 0.508 e. The van der Waals surface area contributed by atoms with Crippen LogP contribution >= 0.6 is 0 Å². The van der Waals surface area contributed by atoms with Crippen molar-refractivity contribution in [3.63, 3.8) is 0 Å². The van der Waals surface area contributed by atoms with Crippen LogP contribution in [0.15, 0.2) is 42.5 Å². The van der Waals surface area contributed by atoms with E-state index in [9.17, 15) is 9.50 Å². The molecule has 2 rings (SSSR count). The highest BCUT2D eigenvalue weighted by atomic mass is 19.1. The second-order valence-electron chi connectivity index (χ2n) is 5.23. The van der Waals surface area contributed by atoms with Crippen LogP contribution in [0.2, 0.25) is 0 Å². The minimum atomic E-state index is -0.426. The fourth-order valence-corrected chi connectivity index (χ4v) is 2.38. The van der Waals surface area contributed by atoms with Crippen molar-refractivity contribution in [3.05, 3.63) is 65.0 Å². The molecular formula is C17H20FNO. The van der Waals surface area contributed by atoms with Crippen LogP contribution in [-0.4, -0.2) is 5.11 Å². The van der Waals surface area contributed by atoms with Crippen LogP contribution in [0, 0.1) is 12.7 Å². The van der Waals surface area contributed by atoms with Crippen molar-refractivity contribution >= 4 is 0 Å². The van der Waals surface area contributed by atoms with Crippen LogP contribution in [0.3, 0.4) is 0 Å². The number of hydrogen-bond donors (Lipinski definition) is 2. The Labute approximate surface area is 119 Å². The molecule has 2 aromatic rings. The van der Waals surface area contributed by atoms with Gasteiger partial charge < -0.3 is 10.4 Å². The summed E-state index contributed by atoms with van der Waals surface area (Å²) in [6.45, 7) is 6.09. The molecule has 2 nitrogen and oxygen atoms in total. The third-order valence-electron chi connectivity index (χ3n) is 3.50. The molecule has 20 heavy (non-hydrogen) atoms. The zero-order valence-electron chi connectivity index (χ0n) is 12.0. The molecule has 0 fully saturated rings. The van der Waals surface area contributed by atoms with Gasteiger partial charge in [0, 0.05) is 23.7 Å². The third kappa shape index (κ3) is 3.36. The van der Waals surface area contributed by atoms with Gasteiger partial charge in [-0.05, 0) is 32.4 Å². The molecule has 1 unspecified atom stereocenters. The Morgan fingerprint density at radius 2 is 1.80 bits per heavy atom. The van der Waals surface area contributed by atoms with Crippen LogP contribution < -0.4 is 5.32 Å². The average molecular weight is 273 g/mol. The lowest BCUT2D eigenvalue weighted by Gasteiger charge is -2.21. The predicted molar refractivity (Wildman–Crippen MR) is 79.2 cm³/mol. The number of phenolic OH excluding ortho intramolecular Hbond substituents is 1. The summed E-state index contributed by atoms with van der Waals surface area (Å²) in [5, 5.41) is 13.2. The topological polar surface area (TPSA) is 32.3 Å². The summed E-state index contributed by atoms with van der Waals surface area (Å²) in [5.41, 5.74) is 3.11. The van der Waals surface area contributed by atoms with E-state index in [0.29, 0.717) is 5.56 Å². The van der Waals surface area contributed by atoms with Crippen molar-refractivity contribution in [2.45, 2.75) is 32.9 Å². The van der Waals surface area contributed by atoms with Crippen LogP contribution in [-0.2, 0) is 0 Å². The third-order valence-corrected chi connectivity index (χ3v) is 3.50. The van der Waals surface area contributed by atoms with Crippen molar-refractivity contribution in [2.24, 2.45) is 0 Å². The number of benzene rings is 2. The molecule has 0 saturated carbocycles. The Morgan fingerprint density at radius 3 is 2.45 bits per heavy atom. The lowest BCUT2D eigenvalue weighted by molar-refractivity contribution is 0.434. The van der Waals surface area contributed by atoms with Crippen molar-refractivity contribution in [3.8, 4) is 5.75 Å². The molecule has 0 bridgehead atoms. The van der Waals surface area contributed by atoms with E-state index in [1.807, 2.05) is 13.0 Å². The van der Waals surface area contributed by atoms with E-state index in [2.05, 4.69) is 37.4 Å². The molecule has 0 radical (unpaired) electrons. The zero-order chi connectivity index (χ0) is 14.7. The molecule has 0 amide bonds. The lowest BCUT2D eigenvalue weighted by Crippen LogP contribution is -2.22. The number of hydrogen-bond acceptors (Lipinski definition) is 2. The van der Waals surface area contributed by atoms with Gasteiger partial charge in [0.15, 0.2) is 0 Å². The van der Waals surface area contributed by atoms with Crippen LogP contribution in [0.4, 0.5) is 4.39 Å². The molecule has 0 aliphatic heterocycles. The fraction of sp³-hybridized carbons (Fsp3) is 0.294. The summed E-state index contributed by atoms with van der Waals surface area (Å²) in [6.07, 6.45) is 0. The maximum Gasteiger partial charge on any atom is 0.126 e. The molecule has 3 heteroatoms. The summed E-state index contributed by atoms with van der Waals surface area (Å²) in [7, 11) is 0. The number of aryl methyl sites for hydroxylation is 1. The predicted octanol–water partition coefficient (Wildman–Crippen LogP) is 4.25. The van der Waals surface area contributed by atoms with Gasteiger partial charge in [-0.2, -0.15) is 0 Å². The second-order valence-corrected chi connectivity index (χ2v) is 5.23. The normalized spacial score (nSPS) is 14.0. The molecule has 2 aromatic carbocycles. The van der Waals surface area contributed by atoms with Gasteiger partial charge in [0.05, 0.1) is 0 Å². The van der Waals surface area contributed by atoms with E-state index in [1.54, 1.807) is 6.07 Å². The van der Waals surface area contributed by atoms with E-state index >= 15 is 0 Å². The SMILES string of the molecule is Cc1cccc([C@@H](C)NC(C)c2ccc(F)cc2O)c1. The molecular weight excluding hydrogens is 253 g/mol. The number of nitrogens with one attached hydrogen (secondary N) is 1. The highest BCUT2D eigenvalue weighted by Crippen LogP contribution is 2.27. The minimum Gasteiger partial charge on any atom is -0.508 e. The monoisotopic (exact) mass is 273 g/mol. The minimum absolute atomic E-state index is 0.0126. The van der Waals surface area contributed by atoms with Crippen LogP contribution in [0.5, 0.6) is 5.75 Å². The first kappa shape index (κ1) is 14.5. The number of halogens is 1. The first-order chi connectivity index (χ1) is 9.47. The van der Waals surface area contributed by atoms with Crippen molar-refractivity contribution < 1.29 is 9.50 Å². The molecule has 0 heterocycles. The summed E-state index contributed by atoms with van der Waals surface area (Å²) in [6, 6.07) is 12.5. The fourth-order valence-electron chi connectivity index (χ4n) is 2.38. The van der Waals surface area contributed by atoms with E-state index in [4.69, 9.17) is 0 Å². The number of phenols is 1. The molecule has 106 valence electrons. The Kier molecular flexibility index (Phi) is 4.40. The molecule has 2 atom stereocenters. The number of rotatable bonds is 4. The summed E-state index contributed by atoms with van der Waals surface area (Å²) in [5.74, 6) is -0.438. The molecule has 0 spiro atoms. The van der Waals surface area contributed by atoms with Crippen LogP contribution in [0.1, 0.15) is 42.6 Å². The smallest absolute Gasteiger partial charge is 0.126 e. The molecule has 0 saturated heterocycles. The average Bonchev–Trinajstić information content (AvgIpc) is 2.38. The van der Waals surface area contributed by atoms with Crippen molar-refractivity contribution in [1.29, 1.82) is 0 Å². The molecule has 0 aliphatic rings. The zero-order valence-corrected chi connectivity index (χ0v) is 12.0. The second kappa shape index (κ2) is 6.06. The van der Waals surface area contributed by atoms with Gasteiger partial charge in [-0.3, -0.25) is 0 Å². The van der Waals surface area contributed by atoms with Crippen LogP contribution in [0.25, 0.3) is 0 Å². The van der Waals surface area contributed by atoms with Gasteiger partial charge in [0.25, 0.3) is 0 Å². The molecule has 0 aromatic heterocycles. The van der Waals surface area contributed by atoms with E-state index < -0.39 is 5.82 Å². The summed E-state index contributed by atoms with van der Waals surface area (Å²) < 4.78 is 13.0. The maximum atomic E-state index is 13.0. The molecule has 2 N–H and O–H groups in total. The summed E-state index contributed by atoms with van der Waals surface area (Å²) >= 11 is 0. The van der Waals surface area contributed by atoms with Gasteiger partial charge in [-0.25, -0.2) is 4.39 Å². The van der Waals surface area contributed by atoms with Gasteiger partial charge >= 0.3 is 0 Å². The van der Waals surface area contributed by atoms with Gasteiger partial charge in [0.1, 0.15) is 11.6 Å². The van der Waals surface area contributed by atoms with E-state index in [0.717, 1.165) is 6.07 Å². The molecule has 0 aliphatic carbocycles. The Balaban J connectivity index is 2.12. The first-order valence-electron chi connectivity index (χ1n) is 6.78. The maximum absolute atomic E-state index is 13.0. The Morgan fingerprint density at radius 1 is 1.05 bits per heavy atom. The Bertz CT molecular complexity index is 597. The highest BCUT2D eigenvalue weighted by Gasteiger charge is 2.14. The number of aromatic hydroxyl groups is 1. The Hall–Kier alpha value is -1.87. The lowest BCUT2D eigenvalue weighted by atomic mass is 10.0. The summed E-state index contributed by atoms with van der Waals surface area (Å²) in [4.78, 5) is 0. The van der Waals surface area contributed by atoms with Gasteiger partial charge in [0.2, 0.25) is 0 Å². The quantitative estimate of drug-likeness (QED) is 0.872.